The van der Waals surface area contributed by atoms with Crippen molar-refractivity contribution in [2.45, 2.75) is 35.7 Å². The summed E-state index contributed by atoms with van der Waals surface area (Å²) in [6.45, 7) is 0. The molecule has 0 saturated heterocycles. The summed E-state index contributed by atoms with van der Waals surface area (Å²) in [5, 5.41) is 9.22. The summed E-state index contributed by atoms with van der Waals surface area (Å²) in [5.41, 5.74) is 0. The minimum absolute atomic E-state index is 0.0628. The van der Waals surface area contributed by atoms with Crippen molar-refractivity contribution in [1.82, 2.24) is 9.97 Å². The molecule has 10 heteroatoms. The predicted octanol–water partition coefficient (Wildman–Crippen LogP) is 3.51. The lowest BCUT2D eigenvalue weighted by atomic mass is 10.3. The average molecular weight is 448 g/mol. The fraction of sp³-hybridized carbons (Fsp3) is 0.300. The van der Waals surface area contributed by atoms with Gasteiger partial charge < -0.3 is 9.47 Å². The Balaban J connectivity index is 1.54. The second-order valence-corrected chi connectivity index (χ2v) is 8.01. The van der Waals surface area contributed by atoms with Crippen LogP contribution in [0.4, 0.5) is 0 Å². The van der Waals surface area contributed by atoms with Gasteiger partial charge in [-0.3, -0.25) is 19.8 Å². The average Bonchev–Trinajstić information content (AvgIpc) is 2.74. The largest absolute Gasteiger partial charge is 0.412 e. The van der Waals surface area contributed by atoms with E-state index in [1.54, 1.807) is 24.5 Å². The minimum atomic E-state index is -0.755. The van der Waals surface area contributed by atoms with E-state index in [-0.39, 0.29) is 31.6 Å². The number of carbonyl (C=O) groups is 3. The highest BCUT2D eigenvalue weighted by Gasteiger charge is 2.14. The molecular formula is C20H21N3O5S2. The van der Waals surface area contributed by atoms with Gasteiger partial charge in [0.25, 0.3) is 0 Å². The fourth-order valence-electron chi connectivity index (χ4n) is 2.03. The molecule has 2 heterocycles. The van der Waals surface area contributed by atoms with Crippen LogP contribution in [0.5, 0.6) is 0 Å². The van der Waals surface area contributed by atoms with Crippen molar-refractivity contribution < 1.29 is 23.9 Å². The van der Waals surface area contributed by atoms with Crippen molar-refractivity contribution in [3.63, 3.8) is 0 Å². The summed E-state index contributed by atoms with van der Waals surface area (Å²) >= 11 is 2.79. The number of pyridine rings is 2. The monoisotopic (exact) mass is 447 g/mol. The molecule has 0 atom stereocenters. The maximum atomic E-state index is 11.7. The number of carbonyl (C=O) groups excluding carboxylic acids is 3. The first-order valence-electron chi connectivity index (χ1n) is 9.12. The van der Waals surface area contributed by atoms with Gasteiger partial charge in [0, 0.05) is 30.3 Å². The first kappa shape index (κ1) is 23.6. The van der Waals surface area contributed by atoms with Gasteiger partial charge in [-0.2, -0.15) is 0 Å². The van der Waals surface area contributed by atoms with Crippen LogP contribution in [0.1, 0.15) is 25.7 Å². The van der Waals surface area contributed by atoms with E-state index in [1.165, 1.54) is 23.5 Å². The second kappa shape index (κ2) is 13.5. The Bertz CT molecular complexity index is 779. The van der Waals surface area contributed by atoms with Crippen molar-refractivity contribution in [3.05, 3.63) is 48.8 Å². The molecule has 0 radical (unpaired) electrons. The van der Waals surface area contributed by atoms with E-state index in [4.69, 9.17) is 14.9 Å². The molecule has 0 aromatic carbocycles. The van der Waals surface area contributed by atoms with E-state index in [0.29, 0.717) is 11.5 Å². The maximum Gasteiger partial charge on any atom is 0.314 e. The van der Waals surface area contributed by atoms with Crippen LogP contribution in [-0.4, -0.2) is 45.3 Å². The molecule has 0 unspecified atom stereocenters. The minimum Gasteiger partial charge on any atom is -0.412 e. The molecule has 0 spiro atoms. The normalized spacial score (nSPS) is 10.3. The number of hydrogen-bond donors (Lipinski definition) is 1. The summed E-state index contributed by atoms with van der Waals surface area (Å²) in [7, 11) is 0. The number of hydrogen-bond acceptors (Lipinski definition) is 10. The van der Waals surface area contributed by atoms with Gasteiger partial charge in [-0.15, -0.1) is 23.5 Å². The molecule has 8 nitrogen and oxygen atoms in total. The van der Waals surface area contributed by atoms with Gasteiger partial charge in [0.05, 0.1) is 29.3 Å². The number of nitrogens with zero attached hydrogens (tertiary/aromatic N) is 2. The van der Waals surface area contributed by atoms with Crippen molar-refractivity contribution in [2.75, 3.05) is 11.5 Å². The first-order valence-corrected chi connectivity index (χ1v) is 11.1. The number of nitrogens with one attached hydrogen (secondary N) is 1. The third-order valence-electron chi connectivity index (χ3n) is 3.41. The number of ether oxygens (including phenoxy) is 2. The van der Waals surface area contributed by atoms with E-state index in [2.05, 4.69) is 9.97 Å². The molecule has 158 valence electrons. The lowest BCUT2D eigenvalue weighted by Gasteiger charge is -2.06. The molecule has 1 N–H and O–H groups in total. The van der Waals surface area contributed by atoms with Crippen LogP contribution in [0.3, 0.4) is 0 Å². The summed E-state index contributed by atoms with van der Waals surface area (Å²) < 4.78 is 9.56. The molecule has 2 aromatic heterocycles. The Morgan fingerprint density at radius 3 is 1.73 bits per heavy atom. The van der Waals surface area contributed by atoms with Gasteiger partial charge in [-0.25, -0.2) is 9.97 Å². The van der Waals surface area contributed by atoms with Crippen LogP contribution < -0.4 is 0 Å². The Morgan fingerprint density at radius 1 is 0.733 bits per heavy atom. The van der Waals surface area contributed by atoms with Gasteiger partial charge in [0.2, 0.25) is 0 Å². The lowest BCUT2D eigenvalue weighted by molar-refractivity contribution is -0.159. The standard InChI is InChI=1S/C20H21N3O5S2/c21-15(27-19(25)9-13-29-16-5-1-3-11-22-16)7-8-18(24)28-20(26)10-14-30-17-6-2-4-12-23-17/h1-6,11-12,21H,7-10,13-14H2. The molecule has 0 bridgehead atoms. The molecule has 0 aliphatic rings. The number of aromatic nitrogens is 2. The van der Waals surface area contributed by atoms with Crippen LogP contribution >= 0.6 is 23.5 Å². The van der Waals surface area contributed by atoms with E-state index >= 15 is 0 Å². The van der Waals surface area contributed by atoms with Crippen molar-refractivity contribution in [1.29, 1.82) is 5.41 Å². The van der Waals surface area contributed by atoms with Gasteiger partial charge in [0.1, 0.15) is 0 Å². The highest BCUT2D eigenvalue weighted by Crippen LogP contribution is 2.16. The van der Waals surface area contributed by atoms with E-state index < -0.39 is 17.9 Å². The molecule has 0 aliphatic carbocycles. The third-order valence-corrected chi connectivity index (χ3v) is 5.30. The summed E-state index contributed by atoms with van der Waals surface area (Å²) in [4.78, 5) is 43.3. The summed E-state index contributed by atoms with van der Waals surface area (Å²) in [6.07, 6.45) is 3.17. The third kappa shape index (κ3) is 10.2. The highest BCUT2D eigenvalue weighted by molar-refractivity contribution is 7.99. The van der Waals surface area contributed by atoms with E-state index in [9.17, 15) is 14.4 Å². The van der Waals surface area contributed by atoms with Gasteiger partial charge in [-0.1, -0.05) is 12.1 Å². The smallest absolute Gasteiger partial charge is 0.314 e. The quantitative estimate of drug-likeness (QED) is 0.181. The fourth-order valence-corrected chi connectivity index (χ4v) is 3.60. The first-order chi connectivity index (χ1) is 14.5. The molecule has 0 aliphatic heterocycles. The van der Waals surface area contributed by atoms with Gasteiger partial charge in [-0.05, 0) is 24.3 Å². The second-order valence-electron chi connectivity index (χ2n) is 5.78. The zero-order valence-electron chi connectivity index (χ0n) is 16.1. The summed E-state index contributed by atoms with van der Waals surface area (Å²) in [6, 6.07) is 11.0. The molecule has 0 amide bonds. The Hall–Kier alpha value is -2.72. The van der Waals surface area contributed by atoms with Gasteiger partial charge >= 0.3 is 17.9 Å². The van der Waals surface area contributed by atoms with E-state index in [0.717, 1.165) is 10.1 Å². The Kier molecular flexibility index (Phi) is 10.6. The molecular weight excluding hydrogens is 426 g/mol. The SMILES string of the molecule is N=C(CCC(=O)OC(=O)CCSc1ccccn1)OC(=O)CCSc1ccccn1. The molecule has 2 rings (SSSR count). The Labute approximate surface area is 182 Å². The number of rotatable bonds is 11. The predicted molar refractivity (Wildman–Crippen MR) is 113 cm³/mol. The van der Waals surface area contributed by atoms with Crippen molar-refractivity contribution in [3.8, 4) is 0 Å². The zero-order valence-corrected chi connectivity index (χ0v) is 17.7. The number of esters is 3. The highest BCUT2D eigenvalue weighted by atomic mass is 32.2. The van der Waals surface area contributed by atoms with Crippen molar-refractivity contribution >= 4 is 47.3 Å². The molecule has 0 fully saturated rings. The Morgan fingerprint density at radius 2 is 1.23 bits per heavy atom. The number of thioether (sulfide) groups is 2. The van der Waals surface area contributed by atoms with Crippen molar-refractivity contribution in [2.24, 2.45) is 0 Å². The maximum absolute atomic E-state index is 11.7. The molecule has 30 heavy (non-hydrogen) atoms. The lowest BCUT2D eigenvalue weighted by Crippen LogP contribution is -2.16. The van der Waals surface area contributed by atoms with Crippen LogP contribution in [0.2, 0.25) is 0 Å². The molecule has 2 aromatic rings. The van der Waals surface area contributed by atoms with Crippen LogP contribution in [0.25, 0.3) is 0 Å². The summed E-state index contributed by atoms with van der Waals surface area (Å²) in [5.74, 6) is -1.38. The van der Waals surface area contributed by atoms with Crippen LogP contribution in [0, 0.1) is 5.41 Å². The topological polar surface area (TPSA) is 119 Å². The van der Waals surface area contributed by atoms with Gasteiger partial charge in [0.15, 0.2) is 5.90 Å². The molecule has 0 saturated carbocycles. The van der Waals surface area contributed by atoms with E-state index in [1.807, 2.05) is 24.3 Å². The van der Waals surface area contributed by atoms with Crippen LogP contribution in [0.15, 0.2) is 58.8 Å². The van der Waals surface area contributed by atoms with Crippen LogP contribution in [-0.2, 0) is 23.9 Å². The zero-order chi connectivity index (χ0) is 21.6.